The average Bonchev–Trinajstić information content (AvgIpc) is 3.26. The first-order chi connectivity index (χ1) is 15.7. The van der Waals surface area contributed by atoms with Gasteiger partial charge in [-0.1, -0.05) is 48.5 Å². The lowest BCUT2D eigenvalue weighted by molar-refractivity contribution is -0.166. The number of aliphatic hydroxyl groups excluding tert-OH is 1. The van der Waals surface area contributed by atoms with Crippen LogP contribution >= 0.6 is 11.3 Å². The second kappa shape index (κ2) is 10.8. The van der Waals surface area contributed by atoms with Crippen LogP contribution in [0, 0.1) is 5.92 Å². The highest BCUT2D eigenvalue weighted by atomic mass is 32.1. The number of rotatable bonds is 9. The highest BCUT2D eigenvalue weighted by Crippen LogP contribution is 2.43. The summed E-state index contributed by atoms with van der Waals surface area (Å²) in [5.74, 6) is 0.00913. The minimum atomic E-state index is -0.544. The first kappa shape index (κ1) is 22.5. The van der Waals surface area contributed by atoms with E-state index in [1.54, 1.807) is 11.3 Å². The van der Waals surface area contributed by atoms with E-state index in [1.165, 1.54) is 15.6 Å². The van der Waals surface area contributed by atoms with Crippen LogP contribution < -0.4 is 5.32 Å². The topological polar surface area (TPSA) is 67.8 Å². The molecule has 0 aliphatic carbocycles. The van der Waals surface area contributed by atoms with Gasteiger partial charge in [0, 0.05) is 36.3 Å². The molecule has 3 aromatic rings. The zero-order valence-electron chi connectivity index (χ0n) is 18.2. The Kier molecular flexibility index (Phi) is 7.58. The minimum absolute atomic E-state index is 0.00535. The molecule has 0 spiro atoms. The van der Waals surface area contributed by atoms with Crippen molar-refractivity contribution in [2.75, 3.05) is 13.2 Å². The van der Waals surface area contributed by atoms with Crippen LogP contribution in [0.4, 0.5) is 0 Å². The number of amides is 1. The van der Waals surface area contributed by atoms with Crippen molar-refractivity contribution in [3.05, 3.63) is 82.9 Å². The van der Waals surface area contributed by atoms with Gasteiger partial charge in [0.05, 0.1) is 0 Å². The summed E-state index contributed by atoms with van der Waals surface area (Å²) in [5, 5.41) is 15.8. The first-order valence-corrected chi connectivity index (χ1v) is 12.0. The number of fused-ring (bicyclic) bond motifs is 1. The lowest BCUT2D eigenvalue weighted by atomic mass is 9.80. The van der Waals surface area contributed by atoms with Crippen LogP contribution in [0.25, 0.3) is 10.1 Å². The molecule has 3 atom stereocenters. The number of ether oxygens (including phenoxy) is 2. The van der Waals surface area contributed by atoms with Crippen molar-refractivity contribution in [1.29, 1.82) is 0 Å². The Morgan fingerprint density at radius 2 is 1.94 bits per heavy atom. The smallest absolute Gasteiger partial charge is 0.286 e. The molecule has 6 heteroatoms. The second-order valence-electron chi connectivity index (χ2n) is 7.88. The number of aliphatic hydroxyl groups is 1. The third kappa shape index (κ3) is 5.04. The van der Waals surface area contributed by atoms with Crippen LogP contribution in [0.1, 0.15) is 36.8 Å². The van der Waals surface area contributed by atoms with Crippen molar-refractivity contribution in [2.24, 2.45) is 5.92 Å². The van der Waals surface area contributed by atoms with E-state index < -0.39 is 6.29 Å². The van der Waals surface area contributed by atoms with Gasteiger partial charge in [-0.25, -0.2) is 0 Å². The van der Waals surface area contributed by atoms with E-state index >= 15 is 0 Å². The molecule has 2 N–H and O–H groups in total. The van der Waals surface area contributed by atoms with E-state index in [4.69, 9.17) is 9.47 Å². The lowest BCUT2D eigenvalue weighted by Crippen LogP contribution is -2.38. The summed E-state index contributed by atoms with van der Waals surface area (Å²) in [6.45, 7) is 2.95. The molecule has 32 heavy (non-hydrogen) atoms. The molecule has 168 valence electrons. The predicted molar refractivity (Wildman–Crippen MR) is 127 cm³/mol. The molecule has 0 fully saturated rings. The quantitative estimate of drug-likeness (QED) is 0.482. The van der Waals surface area contributed by atoms with E-state index in [-0.39, 0.29) is 24.3 Å². The molecule has 1 aromatic heterocycles. The molecule has 0 unspecified atom stereocenters. The molecule has 0 radical (unpaired) electrons. The second-order valence-corrected chi connectivity index (χ2v) is 8.79. The maximum Gasteiger partial charge on any atom is 0.286 e. The Morgan fingerprint density at radius 1 is 1.16 bits per heavy atom. The Balaban J connectivity index is 1.65. The van der Waals surface area contributed by atoms with E-state index in [1.807, 2.05) is 55.5 Å². The fraction of sp³-hybridized carbons (Fsp3) is 0.346. The van der Waals surface area contributed by atoms with Gasteiger partial charge < -0.3 is 19.9 Å². The van der Waals surface area contributed by atoms with Gasteiger partial charge in [0.1, 0.15) is 0 Å². The molecule has 1 aliphatic heterocycles. The van der Waals surface area contributed by atoms with E-state index in [0.717, 1.165) is 12.0 Å². The largest absolute Gasteiger partial charge is 0.459 e. The molecule has 1 amide bonds. The molecule has 0 saturated carbocycles. The highest BCUT2D eigenvalue weighted by molar-refractivity contribution is 7.17. The van der Waals surface area contributed by atoms with Crippen molar-refractivity contribution in [3.63, 3.8) is 0 Å². The fourth-order valence-corrected chi connectivity index (χ4v) is 5.25. The molecular weight excluding hydrogens is 422 g/mol. The highest BCUT2D eigenvalue weighted by Gasteiger charge is 2.38. The van der Waals surface area contributed by atoms with Gasteiger partial charge in [-0.3, -0.25) is 4.79 Å². The molecule has 2 heterocycles. The summed E-state index contributed by atoms with van der Waals surface area (Å²) >= 11 is 1.70. The molecule has 5 nitrogen and oxygen atoms in total. The monoisotopic (exact) mass is 451 g/mol. The van der Waals surface area contributed by atoms with Crippen molar-refractivity contribution in [2.45, 2.75) is 38.5 Å². The average molecular weight is 452 g/mol. The zero-order chi connectivity index (χ0) is 22.3. The van der Waals surface area contributed by atoms with Gasteiger partial charge in [0.2, 0.25) is 6.29 Å². The number of hydrogen-bond donors (Lipinski definition) is 2. The fourth-order valence-electron chi connectivity index (χ4n) is 4.24. The number of benzene rings is 2. The number of nitrogens with one attached hydrogen (secondary N) is 1. The maximum atomic E-state index is 13.0. The van der Waals surface area contributed by atoms with Crippen LogP contribution in [-0.2, 0) is 20.8 Å². The molecule has 1 aliphatic rings. The normalized spacial score (nSPS) is 20.6. The molecule has 0 saturated heterocycles. The number of allylic oxidation sites excluding steroid dienone is 1. The number of thiophene rings is 1. The third-order valence-electron chi connectivity index (χ3n) is 5.80. The summed E-state index contributed by atoms with van der Waals surface area (Å²) < 4.78 is 13.2. The summed E-state index contributed by atoms with van der Waals surface area (Å²) in [4.78, 5) is 13.0. The van der Waals surface area contributed by atoms with Crippen molar-refractivity contribution in [1.82, 2.24) is 5.32 Å². The van der Waals surface area contributed by atoms with Gasteiger partial charge in [-0.2, -0.15) is 0 Å². The molecular formula is C26H29NO4S. The van der Waals surface area contributed by atoms with Crippen LogP contribution in [0.2, 0.25) is 0 Å². The summed E-state index contributed by atoms with van der Waals surface area (Å²) in [7, 11) is 0. The van der Waals surface area contributed by atoms with Crippen LogP contribution in [-0.4, -0.2) is 30.5 Å². The summed E-state index contributed by atoms with van der Waals surface area (Å²) in [6, 6.07) is 18.1. The minimum Gasteiger partial charge on any atom is -0.459 e. The van der Waals surface area contributed by atoms with Crippen LogP contribution in [0.15, 0.2) is 71.8 Å². The van der Waals surface area contributed by atoms with Gasteiger partial charge in [-0.15, -0.1) is 11.3 Å². The number of hydrogen-bond acceptors (Lipinski definition) is 5. The van der Waals surface area contributed by atoms with Gasteiger partial charge in [-0.05, 0) is 53.8 Å². The van der Waals surface area contributed by atoms with Crippen molar-refractivity contribution >= 4 is 27.3 Å². The number of carbonyl (C=O) groups excluding carboxylic acids is 1. The van der Waals surface area contributed by atoms with Crippen molar-refractivity contribution < 1.29 is 19.4 Å². The lowest BCUT2D eigenvalue weighted by Gasteiger charge is -2.36. The Hall–Kier alpha value is -2.67. The molecule has 4 rings (SSSR count). The van der Waals surface area contributed by atoms with Crippen LogP contribution in [0.3, 0.4) is 0 Å². The van der Waals surface area contributed by atoms with E-state index in [0.29, 0.717) is 25.3 Å². The predicted octanol–water partition coefficient (Wildman–Crippen LogP) is 4.97. The van der Waals surface area contributed by atoms with Gasteiger partial charge in [0.25, 0.3) is 5.91 Å². The summed E-state index contributed by atoms with van der Waals surface area (Å²) in [6.07, 6.45) is 2.79. The maximum absolute atomic E-state index is 13.0. The SMILES string of the molecule is CCO[C@H]1OC(C(=O)NCc2ccccc2)=C[C@@H](c2csc3ccccc23)[C@@H]1CCCO. The standard InChI is InChI=1S/C26H29NO4S/c1-2-30-26-20(12-8-14-28)21(22-17-32-24-13-7-6-11-19(22)24)15-23(31-26)25(29)27-16-18-9-4-3-5-10-18/h3-7,9-11,13,15,17,20-21,26,28H,2,8,12,14,16H2,1H3,(H,27,29)/t20-,21+,26-/m0/s1. The van der Waals surface area contributed by atoms with E-state index in [9.17, 15) is 9.90 Å². The third-order valence-corrected chi connectivity index (χ3v) is 6.78. The zero-order valence-corrected chi connectivity index (χ0v) is 19.0. The Morgan fingerprint density at radius 3 is 2.72 bits per heavy atom. The Bertz CT molecular complexity index is 1060. The molecule has 0 bridgehead atoms. The van der Waals surface area contributed by atoms with Gasteiger partial charge in [0.15, 0.2) is 5.76 Å². The molecule has 2 aromatic carbocycles. The van der Waals surface area contributed by atoms with Crippen LogP contribution in [0.5, 0.6) is 0 Å². The van der Waals surface area contributed by atoms with Gasteiger partial charge >= 0.3 is 0 Å². The Labute approximate surface area is 192 Å². The summed E-state index contributed by atoms with van der Waals surface area (Å²) in [5.41, 5.74) is 2.20. The number of carbonyl (C=O) groups is 1. The van der Waals surface area contributed by atoms with E-state index in [2.05, 4.69) is 22.8 Å². The first-order valence-electron chi connectivity index (χ1n) is 11.1. The van der Waals surface area contributed by atoms with Crippen molar-refractivity contribution in [3.8, 4) is 0 Å².